The van der Waals surface area contributed by atoms with Crippen LogP contribution in [0.4, 0.5) is 24.7 Å². The fourth-order valence-electron chi connectivity index (χ4n) is 4.56. The van der Waals surface area contributed by atoms with Gasteiger partial charge in [-0.15, -0.1) is 0 Å². The quantitative estimate of drug-likeness (QED) is 0.649. The van der Waals surface area contributed by atoms with Crippen LogP contribution in [0.2, 0.25) is 0 Å². The van der Waals surface area contributed by atoms with E-state index in [-0.39, 0.29) is 26.1 Å². The van der Waals surface area contributed by atoms with Gasteiger partial charge in [-0.1, -0.05) is 12.1 Å². The second-order valence-electron chi connectivity index (χ2n) is 8.28. The van der Waals surface area contributed by atoms with Gasteiger partial charge >= 0.3 is 6.18 Å². The molecule has 1 aromatic carbocycles. The lowest BCUT2D eigenvalue weighted by Gasteiger charge is -2.28. The largest absolute Gasteiger partial charge is 0.408 e. The number of fused-ring (bicyclic) bond motifs is 2. The third-order valence-electron chi connectivity index (χ3n) is 6.16. The van der Waals surface area contributed by atoms with Crippen LogP contribution in [0.5, 0.6) is 0 Å². The van der Waals surface area contributed by atoms with Crippen molar-refractivity contribution in [1.82, 2.24) is 24.6 Å². The summed E-state index contributed by atoms with van der Waals surface area (Å²) in [5.74, 6) is -0.558. The lowest BCUT2D eigenvalue weighted by atomic mass is 10.1. The second kappa shape index (κ2) is 7.75. The van der Waals surface area contributed by atoms with Gasteiger partial charge in [0.15, 0.2) is 0 Å². The molecule has 0 aliphatic carbocycles. The zero-order chi connectivity index (χ0) is 23.3. The number of rotatable bonds is 4. The van der Waals surface area contributed by atoms with Gasteiger partial charge < -0.3 is 15.1 Å². The van der Waals surface area contributed by atoms with Crippen LogP contribution in [0.3, 0.4) is 0 Å². The molecule has 0 saturated carbocycles. The number of hydrogen-bond acceptors (Lipinski definition) is 5. The molecule has 2 aliphatic heterocycles. The summed E-state index contributed by atoms with van der Waals surface area (Å²) in [4.78, 5) is 32.4. The first-order chi connectivity index (χ1) is 15.7. The number of nitrogens with one attached hydrogen (secondary N) is 1. The van der Waals surface area contributed by atoms with E-state index in [9.17, 15) is 22.8 Å². The molecule has 2 amide bonds. The molecule has 0 radical (unpaired) electrons. The molecule has 4 heterocycles. The maximum Gasteiger partial charge on any atom is 0.408 e. The van der Waals surface area contributed by atoms with Crippen LogP contribution in [-0.4, -0.2) is 61.7 Å². The van der Waals surface area contributed by atoms with Crippen molar-refractivity contribution in [1.29, 1.82) is 0 Å². The minimum atomic E-state index is -4.47. The molecule has 5 rings (SSSR count). The molecule has 1 N–H and O–H groups in total. The Labute approximate surface area is 187 Å². The Morgan fingerprint density at radius 1 is 1.24 bits per heavy atom. The molecule has 0 spiro atoms. The lowest BCUT2D eigenvalue weighted by molar-refractivity contribution is -0.182. The topological polar surface area (TPSA) is 83.4 Å². The van der Waals surface area contributed by atoms with Crippen molar-refractivity contribution in [2.75, 3.05) is 18.4 Å². The SMILES string of the molecule is Cn1ncc2nc(Nc3cccc4c3C(=O)N(CC(=O)N3CCC[C@H]3C(F)(F)F)C4)ccc21. The number of alkyl halides is 3. The summed E-state index contributed by atoms with van der Waals surface area (Å²) < 4.78 is 41.4. The first-order valence-electron chi connectivity index (χ1n) is 10.6. The van der Waals surface area contributed by atoms with Gasteiger partial charge in [-0.05, 0) is 36.6 Å². The number of benzene rings is 1. The Bertz CT molecular complexity index is 1250. The molecule has 3 aromatic rings. The molecular weight excluding hydrogens is 437 g/mol. The number of aromatic nitrogens is 3. The minimum absolute atomic E-state index is 0.0489. The number of carbonyl (C=O) groups excluding carboxylic acids is 2. The Hall–Kier alpha value is -3.63. The highest BCUT2D eigenvalue weighted by molar-refractivity contribution is 6.05. The molecule has 2 aromatic heterocycles. The van der Waals surface area contributed by atoms with Crippen LogP contribution in [0.15, 0.2) is 36.5 Å². The molecule has 1 fully saturated rings. The van der Waals surface area contributed by atoms with Crippen molar-refractivity contribution < 1.29 is 22.8 Å². The zero-order valence-corrected chi connectivity index (χ0v) is 17.8. The lowest BCUT2D eigenvalue weighted by Crippen LogP contribution is -2.48. The number of aryl methyl sites for hydroxylation is 1. The summed E-state index contributed by atoms with van der Waals surface area (Å²) in [6.45, 7) is -0.179. The van der Waals surface area contributed by atoms with Crippen LogP contribution < -0.4 is 5.32 Å². The van der Waals surface area contributed by atoms with E-state index in [0.717, 1.165) is 10.4 Å². The predicted molar refractivity (Wildman–Crippen MR) is 114 cm³/mol. The zero-order valence-electron chi connectivity index (χ0n) is 17.8. The average Bonchev–Trinajstić information content (AvgIpc) is 3.47. The van der Waals surface area contributed by atoms with E-state index in [4.69, 9.17) is 0 Å². The Balaban J connectivity index is 1.34. The highest BCUT2D eigenvalue weighted by atomic mass is 19.4. The normalized spacial score (nSPS) is 18.3. The van der Waals surface area contributed by atoms with Gasteiger partial charge in [0.2, 0.25) is 5.91 Å². The molecule has 2 aliphatic rings. The molecule has 11 heteroatoms. The van der Waals surface area contributed by atoms with Crippen LogP contribution in [0.1, 0.15) is 28.8 Å². The first kappa shape index (κ1) is 21.2. The summed E-state index contributed by atoms with van der Waals surface area (Å²) >= 11 is 0. The van der Waals surface area contributed by atoms with E-state index in [1.165, 1.54) is 4.90 Å². The number of nitrogens with zero attached hydrogens (tertiary/aromatic N) is 5. The Morgan fingerprint density at radius 2 is 2.06 bits per heavy atom. The summed E-state index contributed by atoms with van der Waals surface area (Å²) in [5, 5.41) is 7.32. The van der Waals surface area contributed by atoms with E-state index in [0.29, 0.717) is 34.6 Å². The highest BCUT2D eigenvalue weighted by Gasteiger charge is 2.48. The fourth-order valence-corrected chi connectivity index (χ4v) is 4.56. The standard InChI is InChI=1S/C22H21F3N6O2/c1-29-16-7-8-18(28-15(16)10-26-29)27-14-5-2-4-13-11-30(21(33)20(13)14)12-19(32)31-9-3-6-17(31)22(23,24)25/h2,4-5,7-8,10,17H,3,6,9,11-12H2,1H3,(H,27,28)/t17-/m0/s1. The van der Waals surface area contributed by atoms with Crippen molar-refractivity contribution in [2.45, 2.75) is 31.6 Å². The van der Waals surface area contributed by atoms with Gasteiger partial charge in [0.1, 0.15) is 23.9 Å². The number of carbonyl (C=O) groups is 2. The summed E-state index contributed by atoms with van der Waals surface area (Å²) in [7, 11) is 1.81. The number of pyridine rings is 1. The van der Waals surface area contributed by atoms with Crippen molar-refractivity contribution in [2.24, 2.45) is 7.05 Å². The minimum Gasteiger partial charge on any atom is -0.340 e. The summed E-state index contributed by atoms with van der Waals surface area (Å²) in [6, 6.07) is 7.14. The predicted octanol–water partition coefficient (Wildman–Crippen LogP) is 3.22. The number of amides is 2. The molecule has 8 nitrogen and oxygen atoms in total. The molecule has 1 saturated heterocycles. The first-order valence-corrected chi connectivity index (χ1v) is 10.6. The van der Waals surface area contributed by atoms with E-state index in [1.54, 1.807) is 35.1 Å². The maximum absolute atomic E-state index is 13.2. The van der Waals surface area contributed by atoms with Crippen molar-refractivity contribution in [3.63, 3.8) is 0 Å². The van der Waals surface area contributed by atoms with Gasteiger partial charge in [0.25, 0.3) is 5.91 Å². The monoisotopic (exact) mass is 458 g/mol. The van der Waals surface area contributed by atoms with Gasteiger partial charge in [-0.3, -0.25) is 14.3 Å². The maximum atomic E-state index is 13.2. The smallest absolute Gasteiger partial charge is 0.340 e. The van der Waals surface area contributed by atoms with Crippen LogP contribution >= 0.6 is 0 Å². The molecule has 0 unspecified atom stereocenters. The Morgan fingerprint density at radius 3 is 2.85 bits per heavy atom. The molecule has 0 bridgehead atoms. The highest BCUT2D eigenvalue weighted by Crippen LogP contribution is 2.34. The van der Waals surface area contributed by atoms with Gasteiger partial charge in [0, 0.05) is 20.1 Å². The van der Waals surface area contributed by atoms with Crippen LogP contribution in [0, 0.1) is 0 Å². The molecule has 172 valence electrons. The van der Waals surface area contributed by atoms with Crippen molar-refractivity contribution in [3.05, 3.63) is 47.7 Å². The van der Waals surface area contributed by atoms with Crippen molar-refractivity contribution in [3.8, 4) is 0 Å². The molecular formula is C22H21F3N6O2. The van der Waals surface area contributed by atoms with E-state index < -0.39 is 24.0 Å². The van der Waals surface area contributed by atoms with Gasteiger partial charge in [-0.2, -0.15) is 18.3 Å². The number of likely N-dealkylation sites (tertiary alicyclic amines) is 1. The third kappa shape index (κ3) is 3.77. The van der Waals surface area contributed by atoms with Crippen LogP contribution in [-0.2, 0) is 18.4 Å². The fraction of sp³-hybridized carbons (Fsp3) is 0.364. The molecule has 1 atom stereocenters. The number of anilines is 2. The van der Waals surface area contributed by atoms with Gasteiger partial charge in [-0.25, -0.2) is 4.98 Å². The van der Waals surface area contributed by atoms with Crippen molar-refractivity contribution >= 4 is 34.4 Å². The number of hydrogen-bond donors (Lipinski definition) is 1. The number of halogens is 3. The summed E-state index contributed by atoms with van der Waals surface area (Å²) in [5.41, 5.74) is 3.18. The summed E-state index contributed by atoms with van der Waals surface area (Å²) in [6.07, 6.45) is -2.64. The molecule has 33 heavy (non-hydrogen) atoms. The van der Waals surface area contributed by atoms with E-state index >= 15 is 0 Å². The van der Waals surface area contributed by atoms with E-state index in [2.05, 4.69) is 15.4 Å². The third-order valence-corrected chi connectivity index (χ3v) is 6.16. The van der Waals surface area contributed by atoms with Crippen LogP contribution in [0.25, 0.3) is 11.0 Å². The second-order valence-corrected chi connectivity index (χ2v) is 8.28. The average molecular weight is 458 g/mol. The van der Waals surface area contributed by atoms with E-state index in [1.807, 2.05) is 13.1 Å². The van der Waals surface area contributed by atoms with Gasteiger partial charge in [0.05, 0.1) is 23.0 Å². The Kier molecular flexibility index (Phi) is 4.98.